The van der Waals surface area contributed by atoms with Gasteiger partial charge in [0, 0.05) is 11.5 Å². The third-order valence-corrected chi connectivity index (χ3v) is 3.55. The highest BCUT2D eigenvalue weighted by Crippen LogP contribution is 2.39. The molecule has 1 aromatic heterocycles. The van der Waals surface area contributed by atoms with Gasteiger partial charge in [-0.25, -0.2) is 0 Å². The SMILES string of the molecule is CCCOc1ccccc1[C@@H](C)Nc1nnc(C2CC2)o1. The van der Waals surface area contributed by atoms with Crippen molar-refractivity contribution in [1.82, 2.24) is 10.2 Å². The monoisotopic (exact) mass is 287 g/mol. The van der Waals surface area contributed by atoms with E-state index >= 15 is 0 Å². The van der Waals surface area contributed by atoms with Crippen LogP contribution in [-0.4, -0.2) is 16.8 Å². The average molecular weight is 287 g/mol. The Bertz CT molecular complexity index is 593. The molecule has 1 aromatic carbocycles. The van der Waals surface area contributed by atoms with Crippen molar-refractivity contribution in [2.24, 2.45) is 0 Å². The van der Waals surface area contributed by atoms with Gasteiger partial charge >= 0.3 is 6.01 Å². The average Bonchev–Trinajstić information content (AvgIpc) is 3.26. The van der Waals surface area contributed by atoms with Crippen LogP contribution in [0.3, 0.4) is 0 Å². The topological polar surface area (TPSA) is 60.2 Å². The predicted molar refractivity (Wildman–Crippen MR) is 80.5 cm³/mol. The van der Waals surface area contributed by atoms with Crippen LogP contribution < -0.4 is 10.1 Å². The van der Waals surface area contributed by atoms with E-state index in [9.17, 15) is 0 Å². The minimum Gasteiger partial charge on any atom is -0.493 e. The lowest BCUT2D eigenvalue weighted by Crippen LogP contribution is -2.09. The second-order valence-corrected chi connectivity index (χ2v) is 5.47. The maximum absolute atomic E-state index is 5.79. The summed E-state index contributed by atoms with van der Waals surface area (Å²) >= 11 is 0. The second kappa shape index (κ2) is 6.16. The van der Waals surface area contributed by atoms with E-state index in [0.717, 1.165) is 43.1 Å². The van der Waals surface area contributed by atoms with Crippen molar-refractivity contribution in [3.05, 3.63) is 35.7 Å². The van der Waals surface area contributed by atoms with Crippen LogP contribution in [0.2, 0.25) is 0 Å². The van der Waals surface area contributed by atoms with Gasteiger partial charge < -0.3 is 14.5 Å². The number of hydrogen-bond donors (Lipinski definition) is 1. The number of anilines is 1. The van der Waals surface area contributed by atoms with E-state index in [-0.39, 0.29) is 6.04 Å². The van der Waals surface area contributed by atoms with Crippen LogP contribution >= 0.6 is 0 Å². The number of hydrogen-bond acceptors (Lipinski definition) is 5. The number of rotatable bonds is 7. The van der Waals surface area contributed by atoms with Crippen LogP contribution in [0.4, 0.5) is 6.01 Å². The van der Waals surface area contributed by atoms with Crippen molar-refractivity contribution in [2.45, 2.75) is 45.1 Å². The number of aromatic nitrogens is 2. The Morgan fingerprint density at radius 2 is 2.14 bits per heavy atom. The number of ether oxygens (including phenoxy) is 1. The fourth-order valence-electron chi connectivity index (χ4n) is 2.23. The molecule has 0 amide bonds. The third kappa shape index (κ3) is 3.35. The Labute approximate surface area is 124 Å². The number of nitrogens with zero attached hydrogens (tertiary/aromatic N) is 2. The highest BCUT2D eigenvalue weighted by Gasteiger charge is 2.29. The molecule has 0 unspecified atom stereocenters. The van der Waals surface area contributed by atoms with E-state index < -0.39 is 0 Å². The van der Waals surface area contributed by atoms with Crippen molar-refractivity contribution in [1.29, 1.82) is 0 Å². The van der Waals surface area contributed by atoms with Crippen molar-refractivity contribution >= 4 is 6.01 Å². The molecule has 1 aliphatic rings. The van der Waals surface area contributed by atoms with Crippen LogP contribution in [0.5, 0.6) is 5.75 Å². The molecule has 112 valence electrons. The molecule has 5 heteroatoms. The first-order chi connectivity index (χ1) is 10.3. The molecule has 0 bridgehead atoms. The number of para-hydroxylation sites is 1. The maximum Gasteiger partial charge on any atom is 0.315 e. The van der Waals surface area contributed by atoms with Crippen LogP contribution in [0.15, 0.2) is 28.7 Å². The van der Waals surface area contributed by atoms with E-state index in [1.807, 2.05) is 18.2 Å². The summed E-state index contributed by atoms with van der Waals surface area (Å²) in [4.78, 5) is 0. The van der Waals surface area contributed by atoms with Gasteiger partial charge in [0.25, 0.3) is 0 Å². The maximum atomic E-state index is 5.79. The molecule has 1 aliphatic carbocycles. The Hall–Kier alpha value is -2.04. The van der Waals surface area contributed by atoms with E-state index in [1.165, 1.54) is 0 Å². The molecule has 1 heterocycles. The van der Waals surface area contributed by atoms with E-state index in [1.54, 1.807) is 0 Å². The summed E-state index contributed by atoms with van der Waals surface area (Å²) in [6.07, 6.45) is 3.31. The van der Waals surface area contributed by atoms with Gasteiger partial charge in [0.2, 0.25) is 5.89 Å². The minimum absolute atomic E-state index is 0.0468. The Kier molecular flexibility index (Phi) is 4.08. The predicted octanol–water partition coefficient (Wildman–Crippen LogP) is 3.91. The van der Waals surface area contributed by atoms with Crippen molar-refractivity contribution in [2.75, 3.05) is 11.9 Å². The lowest BCUT2D eigenvalue weighted by atomic mass is 10.1. The van der Waals surface area contributed by atoms with E-state index in [2.05, 4.69) is 35.4 Å². The molecule has 0 spiro atoms. The van der Waals surface area contributed by atoms with Crippen LogP contribution in [0.25, 0.3) is 0 Å². The second-order valence-electron chi connectivity index (χ2n) is 5.47. The molecule has 2 aromatic rings. The molecule has 1 saturated carbocycles. The van der Waals surface area contributed by atoms with Gasteiger partial charge in [-0.1, -0.05) is 30.2 Å². The fraction of sp³-hybridized carbons (Fsp3) is 0.500. The van der Waals surface area contributed by atoms with Crippen LogP contribution in [0, 0.1) is 0 Å². The van der Waals surface area contributed by atoms with Crippen molar-refractivity contribution < 1.29 is 9.15 Å². The van der Waals surface area contributed by atoms with Gasteiger partial charge in [-0.15, -0.1) is 5.10 Å². The molecule has 1 fully saturated rings. The number of benzene rings is 1. The molecule has 1 N–H and O–H groups in total. The van der Waals surface area contributed by atoms with Gasteiger partial charge in [-0.3, -0.25) is 0 Å². The zero-order chi connectivity index (χ0) is 14.7. The zero-order valence-electron chi connectivity index (χ0n) is 12.5. The van der Waals surface area contributed by atoms with Gasteiger partial charge in [0.15, 0.2) is 0 Å². The summed E-state index contributed by atoms with van der Waals surface area (Å²) in [6, 6.07) is 8.57. The minimum atomic E-state index is 0.0468. The van der Waals surface area contributed by atoms with Gasteiger partial charge in [-0.05, 0) is 32.3 Å². The summed E-state index contributed by atoms with van der Waals surface area (Å²) < 4.78 is 11.4. The summed E-state index contributed by atoms with van der Waals surface area (Å²) in [7, 11) is 0. The Morgan fingerprint density at radius 3 is 2.90 bits per heavy atom. The van der Waals surface area contributed by atoms with Crippen LogP contribution in [0.1, 0.15) is 56.5 Å². The summed E-state index contributed by atoms with van der Waals surface area (Å²) in [5.74, 6) is 2.13. The standard InChI is InChI=1S/C16H21N3O2/c1-3-10-20-14-7-5-4-6-13(14)11(2)17-16-19-18-15(21-16)12-8-9-12/h4-7,11-12H,3,8-10H2,1-2H3,(H,17,19)/t11-/m1/s1. The quantitative estimate of drug-likeness (QED) is 0.836. The van der Waals surface area contributed by atoms with Gasteiger partial charge in [-0.2, -0.15) is 0 Å². The van der Waals surface area contributed by atoms with Gasteiger partial charge in [0.05, 0.1) is 12.6 Å². The molecule has 1 atom stereocenters. The molecule has 0 aliphatic heterocycles. The molecular formula is C16H21N3O2. The third-order valence-electron chi connectivity index (χ3n) is 3.55. The zero-order valence-corrected chi connectivity index (χ0v) is 12.5. The molecule has 3 rings (SSSR count). The highest BCUT2D eigenvalue weighted by molar-refractivity contribution is 5.39. The lowest BCUT2D eigenvalue weighted by Gasteiger charge is -2.16. The van der Waals surface area contributed by atoms with E-state index in [4.69, 9.17) is 9.15 Å². The Morgan fingerprint density at radius 1 is 1.33 bits per heavy atom. The highest BCUT2D eigenvalue weighted by atomic mass is 16.5. The molecular weight excluding hydrogens is 266 g/mol. The fourth-order valence-corrected chi connectivity index (χ4v) is 2.23. The number of nitrogens with one attached hydrogen (secondary N) is 1. The molecule has 5 nitrogen and oxygen atoms in total. The molecule has 21 heavy (non-hydrogen) atoms. The smallest absolute Gasteiger partial charge is 0.315 e. The Balaban J connectivity index is 1.70. The first kappa shape index (κ1) is 13.9. The summed E-state index contributed by atoms with van der Waals surface area (Å²) in [5, 5.41) is 11.4. The van der Waals surface area contributed by atoms with Gasteiger partial charge in [0.1, 0.15) is 5.75 Å². The first-order valence-electron chi connectivity index (χ1n) is 7.59. The molecule has 0 radical (unpaired) electrons. The molecule has 0 saturated heterocycles. The van der Waals surface area contributed by atoms with Crippen LogP contribution in [-0.2, 0) is 0 Å². The summed E-state index contributed by atoms with van der Waals surface area (Å²) in [5.41, 5.74) is 1.09. The van der Waals surface area contributed by atoms with Crippen molar-refractivity contribution in [3.63, 3.8) is 0 Å². The van der Waals surface area contributed by atoms with Crippen molar-refractivity contribution in [3.8, 4) is 5.75 Å². The summed E-state index contributed by atoms with van der Waals surface area (Å²) in [6.45, 7) is 4.88. The largest absolute Gasteiger partial charge is 0.493 e. The van der Waals surface area contributed by atoms with E-state index in [0.29, 0.717) is 11.9 Å². The normalized spacial score (nSPS) is 15.7. The first-order valence-corrected chi connectivity index (χ1v) is 7.59. The lowest BCUT2D eigenvalue weighted by molar-refractivity contribution is 0.313.